The van der Waals surface area contributed by atoms with E-state index in [-0.39, 0.29) is 18.3 Å². The molecule has 0 spiro atoms. The number of ether oxygens (including phenoxy) is 1. The smallest absolute Gasteiger partial charge is 0.308 e. The van der Waals surface area contributed by atoms with Crippen LogP contribution in [0.3, 0.4) is 0 Å². The third-order valence-corrected chi connectivity index (χ3v) is 8.38. The van der Waals surface area contributed by atoms with Crippen LogP contribution in [0.15, 0.2) is 36.0 Å². The summed E-state index contributed by atoms with van der Waals surface area (Å²) in [4.78, 5) is 11.2. The van der Waals surface area contributed by atoms with Crippen LogP contribution >= 0.6 is 0 Å². The van der Waals surface area contributed by atoms with Crippen molar-refractivity contribution in [3.63, 3.8) is 0 Å². The number of fused-ring (bicyclic) bond motifs is 1. The van der Waals surface area contributed by atoms with E-state index in [0.29, 0.717) is 10.8 Å². The van der Waals surface area contributed by atoms with E-state index in [1.165, 1.54) is 49.7 Å². The van der Waals surface area contributed by atoms with Gasteiger partial charge >= 0.3 is 5.97 Å². The Hall–Kier alpha value is -1.35. The molecule has 3 fully saturated rings. The quantitative estimate of drug-likeness (QED) is 0.361. The molecule has 3 rings (SSSR count). The predicted molar refractivity (Wildman–Crippen MR) is 113 cm³/mol. The maximum Gasteiger partial charge on any atom is 0.308 e. The van der Waals surface area contributed by atoms with Crippen molar-refractivity contribution in [2.24, 2.45) is 28.6 Å². The van der Waals surface area contributed by atoms with Gasteiger partial charge in [0.2, 0.25) is 6.29 Å². The Morgan fingerprint density at radius 2 is 2.11 bits per heavy atom. The van der Waals surface area contributed by atoms with Gasteiger partial charge in [-0.1, -0.05) is 56.7 Å². The maximum absolute atomic E-state index is 11.2. The highest BCUT2D eigenvalue weighted by molar-refractivity contribution is 5.72. The minimum atomic E-state index is -0.989. The molecule has 6 unspecified atom stereocenters. The minimum Gasteiger partial charge on any atom is -0.435 e. The Morgan fingerprint density at radius 1 is 1.36 bits per heavy atom. The molecular formula is C25H38O3. The topological polar surface area (TPSA) is 46.5 Å². The van der Waals surface area contributed by atoms with E-state index < -0.39 is 6.29 Å². The highest BCUT2D eigenvalue weighted by Crippen LogP contribution is 2.62. The molecule has 3 aliphatic rings. The fourth-order valence-corrected chi connectivity index (χ4v) is 6.03. The molecular weight excluding hydrogens is 348 g/mol. The standard InChI is InChI=1S/C25H38O3/c1-17(8-6-10-20-16-22(26)28-23(20)27)12-14-24(4)19(3)13-15-25(5)18(2)9-7-11-21(24)25/h6,8,10,19-21,23,27H,2,7,9,11-16H2,1,3-5H3. The summed E-state index contributed by atoms with van der Waals surface area (Å²) in [5.74, 6) is 0.947. The summed E-state index contributed by atoms with van der Waals surface area (Å²) in [6.45, 7) is 14.1. The first-order valence-electron chi connectivity index (χ1n) is 11.1. The molecule has 0 aromatic carbocycles. The number of hydrogen-bond acceptors (Lipinski definition) is 3. The summed E-state index contributed by atoms with van der Waals surface area (Å²) < 4.78 is 4.79. The second kappa shape index (κ2) is 8.18. The number of cyclic esters (lactones) is 1. The Labute approximate surface area is 170 Å². The summed E-state index contributed by atoms with van der Waals surface area (Å²) in [6, 6.07) is 0. The molecule has 156 valence electrons. The van der Waals surface area contributed by atoms with E-state index in [9.17, 15) is 9.90 Å². The predicted octanol–water partition coefficient (Wildman–Crippen LogP) is 5.95. The Kier molecular flexibility index (Phi) is 6.24. The van der Waals surface area contributed by atoms with Gasteiger partial charge in [0, 0.05) is 0 Å². The molecule has 1 N–H and O–H groups in total. The van der Waals surface area contributed by atoms with Crippen molar-refractivity contribution in [1.29, 1.82) is 0 Å². The van der Waals surface area contributed by atoms with Crippen LogP contribution in [0.2, 0.25) is 0 Å². The number of rotatable bonds is 5. The van der Waals surface area contributed by atoms with Crippen molar-refractivity contribution in [3.8, 4) is 0 Å². The Balaban J connectivity index is 1.64. The van der Waals surface area contributed by atoms with E-state index in [0.717, 1.165) is 18.3 Å². The van der Waals surface area contributed by atoms with Crippen LogP contribution in [0.1, 0.15) is 79.1 Å². The zero-order valence-electron chi connectivity index (χ0n) is 18.2. The molecule has 3 heteroatoms. The lowest BCUT2D eigenvalue weighted by molar-refractivity contribution is -0.155. The van der Waals surface area contributed by atoms with Crippen LogP contribution in [0, 0.1) is 28.6 Å². The summed E-state index contributed by atoms with van der Waals surface area (Å²) in [7, 11) is 0. The lowest BCUT2D eigenvalue weighted by atomic mass is 9.46. The molecule has 2 saturated carbocycles. The number of allylic oxidation sites excluding steroid dienone is 4. The largest absolute Gasteiger partial charge is 0.435 e. The number of esters is 1. The van der Waals surface area contributed by atoms with Crippen LogP contribution in [-0.2, 0) is 9.53 Å². The molecule has 1 saturated heterocycles. The molecule has 0 amide bonds. The molecule has 0 aromatic heterocycles. The normalized spacial score (nSPS) is 42.0. The van der Waals surface area contributed by atoms with Gasteiger partial charge in [0.1, 0.15) is 0 Å². The van der Waals surface area contributed by atoms with Crippen LogP contribution in [0.25, 0.3) is 0 Å². The second-order valence-corrected chi connectivity index (χ2v) is 10.1. The number of aliphatic hydroxyl groups excluding tert-OH is 1. The molecule has 1 heterocycles. The molecule has 3 nitrogen and oxygen atoms in total. The van der Waals surface area contributed by atoms with Gasteiger partial charge in [-0.15, -0.1) is 0 Å². The van der Waals surface area contributed by atoms with Crippen molar-refractivity contribution < 1.29 is 14.6 Å². The van der Waals surface area contributed by atoms with E-state index in [4.69, 9.17) is 4.74 Å². The van der Waals surface area contributed by atoms with E-state index in [1.807, 2.05) is 12.2 Å². The molecule has 1 aliphatic heterocycles. The number of hydrogen-bond donors (Lipinski definition) is 1. The lowest BCUT2D eigenvalue weighted by Crippen LogP contribution is -2.50. The molecule has 28 heavy (non-hydrogen) atoms. The number of carbonyl (C=O) groups excluding carboxylic acids is 1. The van der Waals surface area contributed by atoms with Gasteiger partial charge in [-0.2, -0.15) is 0 Å². The fraction of sp³-hybridized carbons (Fsp3) is 0.720. The van der Waals surface area contributed by atoms with Crippen LogP contribution in [-0.4, -0.2) is 17.4 Å². The third-order valence-electron chi connectivity index (χ3n) is 8.38. The molecule has 2 aliphatic carbocycles. The van der Waals surface area contributed by atoms with Gasteiger partial charge in [-0.05, 0) is 74.5 Å². The van der Waals surface area contributed by atoms with Gasteiger partial charge in [0.15, 0.2) is 0 Å². The molecule has 0 radical (unpaired) electrons. The average molecular weight is 387 g/mol. The van der Waals surface area contributed by atoms with E-state index >= 15 is 0 Å². The highest BCUT2D eigenvalue weighted by Gasteiger charge is 2.53. The number of carbonyl (C=O) groups is 1. The van der Waals surface area contributed by atoms with Gasteiger partial charge < -0.3 is 9.84 Å². The maximum atomic E-state index is 11.2. The van der Waals surface area contributed by atoms with Crippen molar-refractivity contribution in [2.75, 3.05) is 0 Å². The zero-order valence-corrected chi connectivity index (χ0v) is 18.2. The first-order chi connectivity index (χ1) is 13.2. The van der Waals surface area contributed by atoms with Crippen LogP contribution in [0.5, 0.6) is 0 Å². The van der Waals surface area contributed by atoms with E-state index in [2.05, 4.69) is 40.3 Å². The molecule has 0 bridgehead atoms. The summed E-state index contributed by atoms with van der Waals surface area (Å²) >= 11 is 0. The summed E-state index contributed by atoms with van der Waals surface area (Å²) in [6.07, 6.45) is 14.0. The Bertz CT molecular complexity index is 675. The highest BCUT2D eigenvalue weighted by atomic mass is 16.6. The van der Waals surface area contributed by atoms with Crippen LogP contribution in [0.4, 0.5) is 0 Å². The minimum absolute atomic E-state index is 0.221. The van der Waals surface area contributed by atoms with Gasteiger partial charge in [0.05, 0.1) is 12.3 Å². The first-order valence-corrected chi connectivity index (χ1v) is 11.1. The molecule has 0 aromatic rings. The fourth-order valence-electron chi connectivity index (χ4n) is 6.03. The second-order valence-electron chi connectivity index (χ2n) is 10.1. The van der Waals surface area contributed by atoms with Crippen molar-refractivity contribution in [2.45, 2.75) is 85.4 Å². The van der Waals surface area contributed by atoms with E-state index in [1.54, 1.807) is 0 Å². The van der Waals surface area contributed by atoms with Gasteiger partial charge in [0.25, 0.3) is 0 Å². The Morgan fingerprint density at radius 3 is 2.79 bits per heavy atom. The third kappa shape index (κ3) is 4.01. The average Bonchev–Trinajstić information content (AvgIpc) is 2.96. The molecule has 6 atom stereocenters. The van der Waals surface area contributed by atoms with Crippen molar-refractivity contribution in [1.82, 2.24) is 0 Å². The first kappa shape index (κ1) is 21.4. The van der Waals surface area contributed by atoms with Crippen molar-refractivity contribution >= 4 is 5.97 Å². The van der Waals surface area contributed by atoms with Gasteiger partial charge in [-0.3, -0.25) is 4.79 Å². The number of aliphatic hydroxyl groups is 1. The monoisotopic (exact) mass is 386 g/mol. The van der Waals surface area contributed by atoms with Crippen LogP contribution < -0.4 is 0 Å². The SMILES string of the molecule is C=C1CCCC2C1(C)CCC(C)C2(C)CCC(C)=CC=CC1CC(=O)OC1O. The lowest BCUT2D eigenvalue weighted by Gasteiger charge is -2.59. The van der Waals surface area contributed by atoms with Crippen molar-refractivity contribution in [3.05, 3.63) is 36.0 Å². The van der Waals surface area contributed by atoms with Gasteiger partial charge in [-0.25, -0.2) is 0 Å². The summed E-state index contributed by atoms with van der Waals surface area (Å²) in [5.41, 5.74) is 3.52. The zero-order chi connectivity index (χ0) is 20.5. The summed E-state index contributed by atoms with van der Waals surface area (Å²) in [5, 5.41) is 9.69.